The molecule has 1 N–H and O–H groups in total. The van der Waals surface area contributed by atoms with Crippen molar-refractivity contribution in [2.24, 2.45) is 5.92 Å². The van der Waals surface area contributed by atoms with Crippen molar-refractivity contribution < 1.29 is 14.7 Å². The third-order valence-corrected chi connectivity index (χ3v) is 4.60. The van der Waals surface area contributed by atoms with Gasteiger partial charge in [0, 0.05) is 23.3 Å². The van der Waals surface area contributed by atoms with Crippen molar-refractivity contribution in [3.8, 4) is 0 Å². The zero-order valence-corrected chi connectivity index (χ0v) is 13.4. The molecule has 0 saturated heterocycles. The van der Waals surface area contributed by atoms with Crippen molar-refractivity contribution in [1.82, 2.24) is 4.90 Å². The maximum absolute atomic E-state index is 12.2. The Bertz CT molecular complexity index is 683. The van der Waals surface area contributed by atoms with E-state index >= 15 is 0 Å². The van der Waals surface area contributed by atoms with Gasteiger partial charge in [-0.05, 0) is 34.5 Å². The molecule has 0 spiro atoms. The van der Waals surface area contributed by atoms with Crippen LogP contribution in [0.25, 0.3) is 10.1 Å². The molecule has 0 aliphatic rings. The van der Waals surface area contributed by atoms with E-state index < -0.39 is 11.9 Å². The normalized spacial score (nSPS) is 12.3. The third kappa shape index (κ3) is 3.74. The van der Waals surface area contributed by atoms with Gasteiger partial charge in [0.05, 0.1) is 12.3 Å². The second-order valence-electron chi connectivity index (χ2n) is 5.09. The molecule has 2 aromatic rings. The third-order valence-electron chi connectivity index (χ3n) is 3.35. The maximum atomic E-state index is 12.2. The van der Waals surface area contributed by atoms with E-state index in [9.17, 15) is 9.59 Å². The Morgan fingerprint density at radius 2 is 2.14 bits per heavy atom. The van der Waals surface area contributed by atoms with Gasteiger partial charge in [-0.25, -0.2) is 0 Å². The van der Waals surface area contributed by atoms with Crippen LogP contribution in [0.3, 0.4) is 0 Å². The molecule has 6 heteroatoms. The average Bonchev–Trinajstić information content (AvgIpc) is 2.81. The fraction of sp³-hybridized carbons (Fsp3) is 0.333. The maximum Gasteiger partial charge on any atom is 0.308 e. The second kappa shape index (κ2) is 6.45. The Kier molecular flexibility index (Phi) is 4.85. The van der Waals surface area contributed by atoms with Crippen LogP contribution in [-0.2, 0) is 16.0 Å². The number of carboxylic acid groups (broad SMARTS) is 1. The minimum atomic E-state index is -0.901. The number of amides is 1. The fourth-order valence-electron chi connectivity index (χ4n) is 2.08. The Morgan fingerprint density at radius 1 is 1.43 bits per heavy atom. The van der Waals surface area contributed by atoms with Crippen LogP contribution in [0.4, 0.5) is 0 Å². The first kappa shape index (κ1) is 15.8. The van der Waals surface area contributed by atoms with E-state index in [1.165, 1.54) is 4.90 Å². The van der Waals surface area contributed by atoms with Gasteiger partial charge in [-0.15, -0.1) is 11.3 Å². The summed E-state index contributed by atoms with van der Waals surface area (Å²) in [6.45, 7) is 1.79. The summed E-state index contributed by atoms with van der Waals surface area (Å²) in [5.74, 6) is -1.57. The van der Waals surface area contributed by atoms with E-state index in [1.807, 2.05) is 23.6 Å². The predicted octanol–water partition coefficient (Wildman–Crippen LogP) is 3.28. The highest BCUT2D eigenvalue weighted by Gasteiger charge is 2.18. The van der Waals surface area contributed by atoms with E-state index in [1.54, 1.807) is 25.3 Å². The van der Waals surface area contributed by atoms with Gasteiger partial charge >= 0.3 is 5.97 Å². The van der Waals surface area contributed by atoms with Crippen LogP contribution in [0.5, 0.6) is 0 Å². The molecule has 1 unspecified atom stereocenters. The molecule has 112 valence electrons. The van der Waals surface area contributed by atoms with Gasteiger partial charge in [-0.2, -0.15) is 0 Å². The number of hydrogen-bond donors (Lipinski definition) is 1. The summed E-state index contributed by atoms with van der Waals surface area (Å²) in [4.78, 5) is 24.5. The van der Waals surface area contributed by atoms with Crippen molar-refractivity contribution in [2.75, 3.05) is 13.6 Å². The minimum Gasteiger partial charge on any atom is -0.481 e. The lowest BCUT2D eigenvalue weighted by molar-refractivity contribution is -0.142. The number of hydrogen-bond acceptors (Lipinski definition) is 3. The smallest absolute Gasteiger partial charge is 0.308 e. The lowest BCUT2D eigenvalue weighted by atomic mass is 10.1. The molecule has 0 aliphatic carbocycles. The SMILES string of the molecule is CC(CN(C)C(=O)Cc1csc2ccc(Cl)cc12)C(=O)O. The van der Waals surface area contributed by atoms with E-state index in [0.29, 0.717) is 5.02 Å². The molecule has 4 nitrogen and oxygen atoms in total. The number of rotatable bonds is 5. The Labute approximate surface area is 131 Å². The Balaban J connectivity index is 2.11. The number of carbonyl (C=O) groups excluding carboxylic acids is 1. The number of aliphatic carboxylic acids is 1. The molecule has 1 aromatic carbocycles. The van der Waals surface area contributed by atoms with E-state index in [2.05, 4.69) is 0 Å². The van der Waals surface area contributed by atoms with Crippen molar-refractivity contribution >= 4 is 44.9 Å². The van der Waals surface area contributed by atoms with Crippen molar-refractivity contribution in [1.29, 1.82) is 0 Å². The van der Waals surface area contributed by atoms with Gasteiger partial charge < -0.3 is 10.0 Å². The van der Waals surface area contributed by atoms with Crippen molar-refractivity contribution in [3.63, 3.8) is 0 Å². The number of nitrogens with zero attached hydrogens (tertiary/aromatic N) is 1. The largest absolute Gasteiger partial charge is 0.481 e. The molecule has 0 fully saturated rings. The quantitative estimate of drug-likeness (QED) is 0.917. The number of benzene rings is 1. The number of likely N-dealkylation sites (N-methyl/N-ethyl adjacent to an activating group) is 1. The van der Waals surface area contributed by atoms with Crippen LogP contribution in [0.1, 0.15) is 12.5 Å². The minimum absolute atomic E-state index is 0.0947. The molecule has 21 heavy (non-hydrogen) atoms. The number of thiophene rings is 1. The van der Waals surface area contributed by atoms with Crippen LogP contribution < -0.4 is 0 Å². The van der Waals surface area contributed by atoms with E-state index in [0.717, 1.165) is 15.6 Å². The summed E-state index contributed by atoms with van der Waals surface area (Å²) in [6, 6.07) is 5.62. The van der Waals surface area contributed by atoms with Crippen LogP contribution >= 0.6 is 22.9 Å². The molecule has 0 bridgehead atoms. The molecule has 1 atom stereocenters. The zero-order chi connectivity index (χ0) is 15.6. The average molecular weight is 326 g/mol. The van der Waals surface area contributed by atoms with Crippen LogP contribution in [-0.4, -0.2) is 35.5 Å². The molecule has 1 aromatic heterocycles. The van der Waals surface area contributed by atoms with Gasteiger partial charge in [0.1, 0.15) is 0 Å². The van der Waals surface area contributed by atoms with Gasteiger partial charge in [-0.1, -0.05) is 18.5 Å². The monoisotopic (exact) mass is 325 g/mol. The molecular formula is C15H16ClNO3S. The molecular weight excluding hydrogens is 310 g/mol. The molecule has 0 radical (unpaired) electrons. The summed E-state index contributed by atoms with van der Waals surface area (Å²) in [6.07, 6.45) is 0.253. The summed E-state index contributed by atoms with van der Waals surface area (Å²) >= 11 is 7.57. The summed E-state index contributed by atoms with van der Waals surface area (Å²) < 4.78 is 1.09. The lowest BCUT2D eigenvalue weighted by Gasteiger charge is -2.19. The van der Waals surface area contributed by atoms with Crippen LogP contribution in [0, 0.1) is 5.92 Å². The molecule has 2 rings (SSSR count). The highest BCUT2D eigenvalue weighted by atomic mass is 35.5. The number of halogens is 1. The van der Waals surface area contributed by atoms with Crippen LogP contribution in [0.2, 0.25) is 5.02 Å². The standard InChI is InChI=1S/C15H16ClNO3S/c1-9(15(19)20)7-17(2)14(18)5-10-8-21-13-4-3-11(16)6-12(10)13/h3-4,6,8-9H,5,7H2,1-2H3,(H,19,20). The Morgan fingerprint density at radius 3 is 2.81 bits per heavy atom. The first-order valence-corrected chi connectivity index (χ1v) is 7.76. The number of carbonyl (C=O) groups is 2. The first-order chi connectivity index (χ1) is 9.88. The van der Waals surface area contributed by atoms with Gasteiger partial charge in [-0.3, -0.25) is 9.59 Å². The molecule has 0 aliphatic heterocycles. The zero-order valence-electron chi connectivity index (χ0n) is 11.8. The summed E-state index contributed by atoms with van der Waals surface area (Å²) in [5, 5.41) is 12.5. The lowest BCUT2D eigenvalue weighted by Crippen LogP contribution is -2.34. The van der Waals surface area contributed by atoms with Crippen molar-refractivity contribution in [2.45, 2.75) is 13.3 Å². The molecule has 1 amide bonds. The van der Waals surface area contributed by atoms with Gasteiger partial charge in [0.2, 0.25) is 5.91 Å². The Hall–Kier alpha value is -1.59. The van der Waals surface area contributed by atoms with Gasteiger partial charge in [0.25, 0.3) is 0 Å². The predicted molar refractivity (Wildman–Crippen MR) is 85.0 cm³/mol. The number of fused-ring (bicyclic) bond motifs is 1. The molecule has 0 saturated carbocycles. The second-order valence-corrected chi connectivity index (χ2v) is 6.44. The molecule has 1 heterocycles. The first-order valence-electron chi connectivity index (χ1n) is 6.51. The highest BCUT2D eigenvalue weighted by molar-refractivity contribution is 7.17. The van der Waals surface area contributed by atoms with Crippen LogP contribution in [0.15, 0.2) is 23.6 Å². The van der Waals surface area contributed by atoms with E-state index in [4.69, 9.17) is 16.7 Å². The fourth-order valence-corrected chi connectivity index (χ4v) is 3.19. The summed E-state index contributed by atoms with van der Waals surface area (Å²) in [5.41, 5.74) is 0.928. The topological polar surface area (TPSA) is 57.6 Å². The van der Waals surface area contributed by atoms with Crippen molar-refractivity contribution in [3.05, 3.63) is 34.2 Å². The van der Waals surface area contributed by atoms with E-state index in [-0.39, 0.29) is 18.9 Å². The number of carboxylic acids is 1. The summed E-state index contributed by atoms with van der Waals surface area (Å²) in [7, 11) is 1.63. The van der Waals surface area contributed by atoms with Gasteiger partial charge in [0.15, 0.2) is 0 Å². The highest BCUT2D eigenvalue weighted by Crippen LogP contribution is 2.29.